The molecule has 1 atom stereocenters. The van der Waals surface area contributed by atoms with E-state index >= 15 is 0 Å². The van der Waals surface area contributed by atoms with Crippen LogP contribution < -0.4 is 5.32 Å². The zero-order valence-corrected chi connectivity index (χ0v) is 10.0. The van der Waals surface area contributed by atoms with Gasteiger partial charge in [-0.25, -0.2) is 4.39 Å². The Balaban J connectivity index is 2.04. The summed E-state index contributed by atoms with van der Waals surface area (Å²) in [5.74, 6) is -1.08. The van der Waals surface area contributed by atoms with Crippen LogP contribution in [0.2, 0.25) is 0 Å². The predicted molar refractivity (Wildman–Crippen MR) is 63.9 cm³/mol. The first-order valence-corrected chi connectivity index (χ1v) is 5.66. The highest BCUT2D eigenvalue weighted by atomic mass is 19.1. The van der Waals surface area contributed by atoms with Crippen molar-refractivity contribution < 1.29 is 19.0 Å². The molecular weight excluding hydrogens is 239 g/mol. The molecule has 0 radical (unpaired) electrons. The minimum absolute atomic E-state index is 0.0526. The molecule has 98 valence electrons. The summed E-state index contributed by atoms with van der Waals surface area (Å²) < 4.78 is 18.3. The molecule has 2 N–H and O–H groups in total. The van der Waals surface area contributed by atoms with E-state index < -0.39 is 11.9 Å². The lowest BCUT2D eigenvalue weighted by atomic mass is 10.2. The van der Waals surface area contributed by atoms with Crippen LogP contribution in [-0.2, 0) is 9.53 Å². The molecule has 2 rings (SSSR count). The van der Waals surface area contributed by atoms with E-state index in [9.17, 15) is 14.3 Å². The minimum atomic E-state index is -0.605. The van der Waals surface area contributed by atoms with Crippen LogP contribution in [0.3, 0.4) is 0 Å². The Hall–Kier alpha value is -1.66. The van der Waals surface area contributed by atoms with Gasteiger partial charge in [0.1, 0.15) is 17.7 Å². The number of halogens is 1. The van der Waals surface area contributed by atoms with E-state index in [0.29, 0.717) is 13.2 Å². The fourth-order valence-corrected chi connectivity index (χ4v) is 1.76. The molecule has 1 heterocycles. The molecule has 18 heavy (non-hydrogen) atoms. The van der Waals surface area contributed by atoms with Gasteiger partial charge in [0.25, 0.3) is 5.91 Å². The van der Waals surface area contributed by atoms with E-state index in [1.54, 1.807) is 0 Å². The molecule has 0 aromatic heterocycles. The van der Waals surface area contributed by atoms with Crippen LogP contribution in [0.5, 0.6) is 5.75 Å². The van der Waals surface area contributed by atoms with Crippen LogP contribution in [0, 0.1) is 5.82 Å². The number of ether oxygens (including phenoxy) is 1. The highest BCUT2D eigenvalue weighted by Gasteiger charge is 2.25. The number of phenolic OH excluding ortho intramolecular Hbond substituents is 1. The Morgan fingerprint density at radius 1 is 1.61 bits per heavy atom. The van der Waals surface area contributed by atoms with Gasteiger partial charge in [-0.05, 0) is 19.2 Å². The maximum absolute atomic E-state index is 13.0. The molecule has 1 aliphatic heterocycles. The van der Waals surface area contributed by atoms with Crippen molar-refractivity contribution in [3.8, 4) is 5.75 Å². The first-order valence-electron chi connectivity index (χ1n) is 5.66. The van der Waals surface area contributed by atoms with Gasteiger partial charge in [0.2, 0.25) is 0 Å². The molecule has 0 spiro atoms. The third kappa shape index (κ3) is 2.96. The van der Waals surface area contributed by atoms with Crippen LogP contribution in [0.25, 0.3) is 0 Å². The van der Waals surface area contributed by atoms with E-state index in [-0.39, 0.29) is 17.3 Å². The quantitative estimate of drug-likeness (QED) is 0.766. The van der Waals surface area contributed by atoms with E-state index in [1.165, 1.54) is 6.07 Å². The van der Waals surface area contributed by atoms with Gasteiger partial charge < -0.3 is 20.1 Å². The van der Waals surface area contributed by atoms with Gasteiger partial charge in [0, 0.05) is 19.2 Å². The van der Waals surface area contributed by atoms with Gasteiger partial charge in [-0.3, -0.25) is 4.79 Å². The molecule has 1 aliphatic rings. The van der Waals surface area contributed by atoms with Gasteiger partial charge in [-0.1, -0.05) is 0 Å². The van der Waals surface area contributed by atoms with Crippen molar-refractivity contribution in [2.45, 2.75) is 6.10 Å². The van der Waals surface area contributed by atoms with Crippen molar-refractivity contribution in [3.05, 3.63) is 24.0 Å². The molecular formula is C12H15FN2O3. The number of hydrogen-bond donors (Lipinski definition) is 2. The van der Waals surface area contributed by atoms with Gasteiger partial charge >= 0.3 is 0 Å². The molecule has 0 unspecified atom stereocenters. The van der Waals surface area contributed by atoms with E-state index in [0.717, 1.165) is 18.7 Å². The summed E-state index contributed by atoms with van der Waals surface area (Å²) >= 11 is 0. The summed E-state index contributed by atoms with van der Waals surface area (Å²) in [6, 6.07) is 3.38. The topological polar surface area (TPSA) is 61.8 Å². The summed E-state index contributed by atoms with van der Waals surface area (Å²) in [6.07, 6.45) is -0.605. The number of carbonyl (C=O) groups excluding carboxylic acids is 1. The molecule has 5 nitrogen and oxygen atoms in total. The maximum atomic E-state index is 13.0. The fourth-order valence-electron chi connectivity index (χ4n) is 1.76. The Morgan fingerprint density at radius 2 is 2.39 bits per heavy atom. The van der Waals surface area contributed by atoms with Crippen LogP contribution in [-0.4, -0.2) is 48.8 Å². The monoisotopic (exact) mass is 254 g/mol. The number of amides is 1. The standard InChI is InChI=1S/C12H15FN2O3/c1-15-4-5-18-11(7-15)12(17)14-9-6-8(13)2-3-10(9)16/h2-3,6,11,16H,4-5,7H2,1H3,(H,14,17)/t11-/m0/s1. The minimum Gasteiger partial charge on any atom is -0.506 e. The molecule has 1 aromatic carbocycles. The van der Waals surface area contributed by atoms with Crippen molar-refractivity contribution >= 4 is 11.6 Å². The zero-order chi connectivity index (χ0) is 13.1. The highest BCUT2D eigenvalue weighted by molar-refractivity contribution is 5.95. The molecule has 1 amide bonds. The van der Waals surface area contributed by atoms with Crippen LogP contribution >= 0.6 is 0 Å². The Labute approximate surface area is 104 Å². The van der Waals surface area contributed by atoms with Crippen molar-refractivity contribution in [1.82, 2.24) is 4.90 Å². The molecule has 0 saturated carbocycles. The number of hydrogen-bond acceptors (Lipinski definition) is 4. The lowest BCUT2D eigenvalue weighted by Crippen LogP contribution is -2.46. The van der Waals surface area contributed by atoms with Crippen LogP contribution in [0.1, 0.15) is 0 Å². The summed E-state index contributed by atoms with van der Waals surface area (Å²) in [7, 11) is 1.89. The molecule has 6 heteroatoms. The summed E-state index contributed by atoms with van der Waals surface area (Å²) in [5.41, 5.74) is 0.0526. The van der Waals surface area contributed by atoms with Crippen LogP contribution in [0.15, 0.2) is 18.2 Å². The lowest BCUT2D eigenvalue weighted by molar-refractivity contribution is -0.132. The van der Waals surface area contributed by atoms with Crippen molar-refractivity contribution in [2.24, 2.45) is 0 Å². The van der Waals surface area contributed by atoms with Gasteiger partial charge in [0.15, 0.2) is 0 Å². The van der Waals surface area contributed by atoms with Crippen LogP contribution in [0.4, 0.5) is 10.1 Å². The average molecular weight is 254 g/mol. The second-order valence-corrected chi connectivity index (χ2v) is 4.27. The van der Waals surface area contributed by atoms with Gasteiger partial charge in [0.05, 0.1) is 12.3 Å². The number of aromatic hydroxyl groups is 1. The van der Waals surface area contributed by atoms with E-state index in [1.807, 2.05) is 11.9 Å². The SMILES string of the molecule is CN1CCO[C@H](C(=O)Nc2cc(F)ccc2O)C1. The Bertz CT molecular complexity index is 453. The third-order valence-electron chi connectivity index (χ3n) is 2.78. The molecule has 0 bridgehead atoms. The first kappa shape index (κ1) is 12.8. The number of benzene rings is 1. The summed E-state index contributed by atoms with van der Waals surface area (Å²) in [6.45, 7) is 1.72. The molecule has 1 saturated heterocycles. The number of carbonyl (C=O) groups is 1. The summed E-state index contributed by atoms with van der Waals surface area (Å²) in [5, 5.41) is 12.0. The number of likely N-dealkylation sites (N-methyl/N-ethyl adjacent to an activating group) is 1. The number of anilines is 1. The van der Waals surface area contributed by atoms with Gasteiger partial charge in [-0.15, -0.1) is 0 Å². The summed E-state index contributed by atoms with van der Waals surface area (Å²) in [4.78, 5) is 13.9. The number of nitrogens with one attached hydrogen (secondary N) is 1. The number of nitrogens with zero attached hydrogens (tertiary/aromatic N) is 1. The third-order valence-corrected chi connectivity index (χ3v) is 2.78. The van der Waals surface area contributed by atoms with Crippen molar-refractivity contribution in [1.29, 1.82) is 0 Å². The maximum Gasteiger partial charge on any atom is 0.254 e. The average Bonchev–Trinajstić information content (AvgIpc) is 2.34. The smallest absolute Gasteiger partial charge is 0.254 e. The molecule has 0 aliphatic carbocycles. The first-order chi connectivity index (χ1) is 8.56. The number of morpholine rings is 1. The Morgan fingerprint density at radius 3 is 3.11 bits per heavy atom. The van der Waals surface area contributed by atoms with Crippen molar-refractivity contribution in [3.63, 3.8) is 0 Å². The highest BCUT2D eigenvalue weighted by Crippen LogP contribution is 2.24. The second kappa shape index (κ2) is 5.32. The Kier molecular flexibility index (Phi) is 3.78. The van der Waals surface area contributed by atoms with Gasteiger partial charge in [-0.2, -0.15) is 0 Å². The van der Waals surface area contributed by atoms with Crippen molar-refractivity contribution in [2.75, 3.05) is 32.1 Å². The van der Waals surface area contributed by atoms with E-state index in [2.05, 4.69) is 5.32 Å². The fraction of sp³-hybridized carbons (Fsp3) is 0.417. The second-order valence-electron chi connectivity index (χ2n) is 4.27. The predicted octanol–water partition coefficient (Wildman–Crippen LogP) is 0.800. The number of phenols is 1. The largest absolute Gasteiger partial charge is 0.506 e. The zero-order valence-electron chi connectivity index (χ0n) is 10.0. The molecule has 1 aromatic rings. The normalized spacial score (nSPS) is 20.7. The number of rotatable bonds is 2. The lowest BCUT2D eigenvalue weighted by Gasteiger charge is -2.29. The van der Waals surface area contributed by atoms with E-state index in [4.69, 9.17) is 4.74 Å². The molecule has 1 fully saturated rings.